The van der Waals surface area contributed by atoms with E-state index in [1.807, 2.05) is 0 Å². The van der Waals surface area contributed by atoms with Crippen LogP contribution < -0.4 is 4.57 Å². The van der Waals surface area contributed by atoms with E-state index in [1.54, 1.807) is 0 Å². The average Bonchev–Trinajstić information content (AvgIpc) is 3.04. The summed E-state index contributed by atoms with van der Waals surface area (Å²) in [5, 5.41) is 0. The zero-order valence-electron chi connectivity index (χ0n) is 16.6. The van der Waals surface area contributed by atoms with E-state index in [0.717, 1.165) is 0 Å². The summed E-state index contributed by atoms with van der Waals surface area (Å²) in [5.41, 5.74) is 9.21. The summed E-state index contributed by atoms with van der Waals surface area (Å²) >= 11 is 0. The smallest absolute Gasteiger partial charge is 0.198 e. The number of hydrogen-bond acceptors (Lipinski definition) is 0. The Balaban J connectivity index is 2.17. The number of rotatable bonds is 2. The molecule has 132 valence electrons. The summed E-state index contributed by atoms with van der Waals surface area (Å²) in [7, 11) is 0. The Kier molecular flexibility index (Phi) is 3.69. The van der Waals surface area contributed by atoms with Gasteiger partial charge in [-0.2, -0.15) is 9.13 Å². The van der Waals surface area contributed by atoms with Gasteiger partial charge in [-0.25, -0.2) is 0 Å². The highest BCUT2D eigenvalue weighted by Crippen LogP contribution is 2.37. The van der Waals surface area contributed by atoms with Crippen LogP contribution in [0, 0.1) is 27.7 Å². The van der Waals surface area contributed by atoms with Crippen molar-refractivity contribution in [3.63, 3.8) is 0 Å². The molecule has 26 heavy (non-hydrogen) atoms. The van der Waals surface area contributed by atoms with E-state index in [4.69, 9.17) is 0 Å². The van der Waals surface area contributed by atoms with Crippen LogP contribution in [0.2, 0.25) is 0 Å². The van der Waals surface area contributed by atoms with Crippen molar-refractivity contribution < 1.29 is 4.57 Å². The van der Waals surface area contributed by atoms with Crippen LogP contribution in [0.4, 0.5) is 0 Å². The number of aromatic nitrogens is 2. The molecule has 0 bridgehead atoms. The summed E-state index contributed by atoms with van der Waals surface area (Å²) < 4.78 is 4.85. The number of fused-ring (bicyclic) bond motifs is 1. The number of hydrogen-bond donors (Lipinski definition) is 0. The Morgan fingerprint density at radius 2 is 1.42 bits per heavy atom. The summed E-state index contributed by atoms with van der Waals surface area (Å²) in [5.74, 6) is 1.25. The third-order valence-corrected chi connectivity index (χ3v) is 5.67. The summed E-state index contributed by atoms with van der Waals surface area (Å²) in [4.78, 5) is 0. The van der Waals surface area contributed by atoms with E-state index in [1.165, 1.54) is 45.2 Å². The predicted molar refractivity (Wildman–Crippen MR) is 109 cm³/mol. The summed E-state index contributed by atoms with van der Waals surface area (Å²) in [6.07, 6.45) is 4.56. The fourth-order valence-electron chi connectivity index (χ4n) is 4.42. The average molecular weight is 343 g/mol. The van der Waals surface area contributed by atoms with Crippen molar-refractivity contribution in [2.45, 2.75) is 47.0 Å². The Morgan fingerprint density at radius 3 is 2.08 bits per heavy atom. The van der Waals surface area contributed by atoms with Crippen molar-refractivity contribution in [3.05, 3.63) is 76.6 Å². The summed E-state index contributed by atoms with van der Waals surface area (Å²) in [6.45, 7) is 13.5. The molecular weight excluding hydrogens is 316 g/mol. The largest absolute Gasteiger partial charge is 0.299 e. The van der Waals surface area contributed by atoms with Gasteiger partial charge in [-0.3, -0.25) is 0 Å². The lowest BCUT2D eigenvalue weighted by molar-refractivity contribution is -0.561. The van der Waals surface area contributed by atoms with Gasteiger partial charge < -0.3 is 0 Å². The molecule has 0 saturated heterocycles. The molecule has 2 aromatic carbocycles. The van der Waals surface area contributed by atoms with Crippen LogP contribution in [0.15, 0.2) is 48.5 Å². The van der Waals surface area contributed by atoms with Gasteiger partial charge in [0, 0.05) is 6.92 Å². The highest BCUT2D eigenvalue weighted by molar-refractivity contribution is 5.67. The molecule has 0 unspecified atom stereocenters. The number of para-hydroxylation sites is 1. The van der Waals surface area contributed by atoms with Gasteiger partial charge in [-0.1, -0.05) is 36.4 Å². The molecule has 1 aliphatic rings. The normalized spacial score (nSPS) is 14.7. The van der Waals surface area contributed by atoms with Crippen LogP contribution >= 0.6 is 0 Å². The predicted octanol–water partition coefficient (Wildman–Crippen LogP) is 5.43. The first-order valence-corrected chi connectivity index (χ1v) is 9.32. The maximum absolute atomic E-state index is 2.45. The van der Waals surface area contributed by atoms with Crippen LogP contribution in [-0.4, -0.2) is 4.57 Å². The Bertz CT molecular complexity index is 1030. The van der Waals surface area contributed by atoms with Crippen LogP contribution in [-0.2, 0) is 5.41 Å². The van der Waals surface area contributed by atoms with Gasteiger partial charge in [0.1, 0.15) is 5.69 Å². The second-order valence-electron chi connectivity index (χ2n) is 8.05. The fraction of sp³-hybridized carbons (Fsp3) is 0.292. The third kappa shape index (κ3) is 2.28. The van der Waals surface area contributed by atoms with Crippen molar-refractivity contribution >= 4 is 6.20 Å². The first kappa shape index (κ1) is 16.8. The molecular formula is C24H27N2+. The molecule has 0 N–H and O–H groups in total. The van der Waals surface area contributed by atoms with Gasteiger partial charge in [0.05, 0.1) is 17.2 Å². The Morgan fingerprint density at radius 1 is 0.808 bits per heavy atom. The number of aryl methyl sites for hydroxylation is 3. The third-order valence-electron chi connectivity index (χ3n) is 5.67. The molecule has 2 nitrogen and oxygen atoms in total. The molecule has 2 heterocycles. The minimum atomic E-state index is 0.0311. The summed E-state index contributed by atoms with van der Waals surface area (Å²) in [6, 6.07) is 15.2. The molecule has 4 rings (SSSR count). The molecule has 1 aliphatic heterocycles. The van der Waals surface area contributed by atoms with E-state index in [-0.39, 0.29) is 5.41 Å². The molecule has 2 heteroatoms. The first-order chi connectivity index (χ1) is 12.3. The van der Waals surface area contributed by atoms with Crippen molar-refractivity contribution in [1.29, 1.82) is 0 Å². The lowest BCUT2D eigenvalue weighted by Gasteiger charge is -2.12. The number of allylic oxidation sites excluding steroid dienone is 1. The zero-order valence-corrected chi connectivity index (χ0v) is 16.6. The number of imidazole rings is 1. The second kappa shape index (κ2) is 5.70. The van der Waals surface area contributed by atoms with Gasteiger partial charge >= 0.3 is 0 Å². The highest BCUT2D eigenvalue weighted by atomic mass is 15.2. The monoisotopic (exact) mass is 343 g/mol. The SMILES string of the molecule is Cc1ccccc1-n1c(C)c2[n+](c1-c1c(C)cccc1C)C=CC2(C)C. The van der Waals surface area contributed by atoms with Crippen LogP contribution in [0.1, 0.15) is 41.9 Å². The van der Waals surface area contributed by atoms with E-state index in [9.17, 15) is 0 Å². The molecule has 0 saturated carbocycles. The minimum Gasteiger partial charge on any atom is -0.198 e. The van der Waals surface area contributed by atoms with Crippen LogP contribution in [0.3, 0.4) is 0 Å². The zero-order chi connectivity index (χ0) is 18.6. The molecule has 0 amide bonds. The maximum atomic E-state index is 2.45. The van der Waals surface area contributed by atoms with Crippen molar-refractivity contribution in [2.24, 2.45) is 0 Å². The van der Waals surface area contributed by atoms with E-state index in [2.05, 4.69) is 105 Å². The molecule has 3 aromatic rings. The molecule has 0 atom stereocenters. The molecule has 0 radical (unpaired) electrons. The van der Waals surface area contributed by atoms with Gasteiger partial charge in [0.2, 0.25) is 0 Å². The quantitative estimate of drug-likeness (QED) is 0.549. The van der Waals surface area contributed by atoms with Gasteiger partial charge in [-0.05, 0) is 63.5 Å². The van der Waals surface area contributed by atoms with E-state index >= 15 is 0 Å². The van der Waals surface area contributed by atoms with E-state index < -0.39 is 0 Å². The van der Waals surface area contributed by atoms with Gasteiger partial charge in [0.25, 0.3) is 5.82 Å². The van der Waals surface area contributed by atoms with Gasteiger partial charge in [0.15, 0.2) is 11.4 Å². The van der Waals surface area contributed by atoms with Crippen molar-refractivity contribution in [2.75, 3.05) is 0 Å². The van der Waals surface area contributed by atoms with Crippen LogP contribution in [0.5, 0.6) is 0 Å². The standard InChI is InChI=1S/C24H27N2/c1-16-10-7-8-13-20(16)26-19(4)22-24(5,6)14-15-25(22)23(26)21-17(2)11-9-12-18(21)3/h7-15H,1-6H3/q+1. The lowest BCUT2D eigenvalue weighted by Crippen LogP contribution is -2.33. The molecule has 0 spiro atoms. The van der Waals surface area contributed by atoms with Crippen molar-refractivity contribution in [1.82, 2.24) is 4.57 Å². The second-order valence-corrected chi connectivity index (χ2v) is 8.05. The van der Waals surface area contributed by atoms with Gasteiger partial charge in [-0.15, -0.1) is 0 Å². The minimum absolute atomic E-state index is 0.0311. The van der Waals surface area contributed by atoms with Crippen molar-refractivity contribution in [3.8, 4) is 17.1 Å². The molecule has 1 aromatic heterocycles. The topological polar surface area (TPSA) is 8.81 Å². The van der Waals surface area contributed by atoms with E-state index in [0.29, 0.717) is 0 Å². The highest BCUT2D eigenvalue weighted by Gasteiger charge is 2.41. The Hall–Kier alpha value is -2.61. The number of benzene rings is 2. The Labute approximate surface area is 156 Å². The fourth-order valence-corrected chi connectivity index (χ4v) is 4.42. The maximum Gasteiger partial charge on any atom is 0.299 e. The first-order valence-electron chi connectivity index (χ1n) is 9.32. The van der Waals surface area contributed by atoms with Crippen LogP contribution in [0.25, 0.3) is 23.3 Å². The lowest BCUT2D eigenvalue weighted by atomic mass is 9.90. The number of nitrogens with zero attached hydrogens (tertiary/aromatic N) is 2. The molecule has 0 fully saturated rings. The molecule has 0 aliphatic carbocycles.